The molecule has 1 heterocycles. The van der Waals surface area contributed by atoms with Crippen molar-refractivity contribution in [1.82, 2.24) is 5.32 Å². The third kappa shape index (κ3) is 2.72. The van der Waals surface area contributed by atoms with Gasteiger partial charge in [-0.1, -0.05) is 11.2 Å². The third-order valence-electron chi connectivity index (χ3n) is 3.62. The van der Waals surface area contributed by atoms with Crippen molar-refractivity contribution in [2.45, 2.75) is 18.9 Å². The van der Waals surface area contributed by atoms with Crippen LogP contribution >= 0.6 is 0 Å². The second-order valence-electron chi connectivity index (χ2n) is 5.14. The van der Waals surface area contributed by atoms with E-state index in [2.05, 4.69) is 10.5 Å². The van der Waals surface area contributed by atoms with Gasteiger partial charge in [-0.05, 0) is 30.9 Å². The average Bonchev–Trinajstić information content (AvgIpc) is 3.35. The van der Waals surface area contributed by atoms with Crippen LogP contribution in [0.3, 0.4) is 0 Å². The van der Waals surface area contributed by atoms with Crippen molar-refractivity contribution in [2.24, 2.45) is 16.8 Å². The summed E-state index contributed by atoms with van der Waals surface area (Å²) in [6.45, 7) is 0.872. The van der Waals surface area contributed by atoms with Gasteiger partial charge in [-0.2, -0.15) is 0 Å². The van der Waals surface area contributed by atoms with E-state index in [0.29, 0.717) is 30.3 Å². The molecule has 1 aliphatic heterocycles. The van der Waals surface area contributed by atoms with Crippen LogP contribution in [0.5, 0.6) is 11.5 Å². The molecule has 1 atom stereocenters. The molecule has 2 aliphatic rings. The predicted octanol–water partition coefficient (Wildman–Crippen LogP) is 0.713. The maximum Gasteiger partial charge on any atom is 0.255 e. The quantitative estimate of drug-likeness (QED) is 0.328. The molecule has 4 N–H and O–H groups in total. The molecule has 21 heavy (non-hydrogen) atoms. The number of amidine groups is 1. The van der Waals surface area contributed by atoms with Gasteiger partial charge in [0.15, 0.2) is 17.3 Å². The number of carbonyl (C=O) groups excluding carboxylic acids is 1. The molecule has 1 unspecified atom stereocenters. The Bertz CT molecular complexity index is 584. The maximum absolute atomic E-state index is 12.4. The standard InChI is InChI=1S/C14H17N3O4/c15-13(17-19)11(8-4-5-8)16-14(18)9-2-1-3-10-12(9)21-7-6-20-10/h1-3,8,11,19H,4-7H2,(H2,15,17)(H,16,18). The van der Waals surface area contributed by atoms with Gasteiger partial charge in [-0.3, -0.25) is 4.79 Å². The van der Waals surface area contributed by atoms with Crippen molar-refractivity contribution < 1.29 is 19.5 Å². The fourth-order valence-electron chi connectivity index (χ4n) is 2.40. The summed E-state index contributed by atoms with van der Waals surface area (Å²) in [7, 11) is 0. The van der Waals surface area contributed by atoms with Gasteiger partial charge >= 0.3 is 0 Å². The van der Waals surface area contributed by atoms with Gasteiger partial charge in [0.05, 0.1) is 11.6 Å². The molecule has 1 aromatic rings. The number of benzene rings is 1. The number of oxime groups is 1. The number of amides is 1. The highest BCUT2D eigenvalue weighted by atomic mass is 16.6. The van der Waals surface area contributed by atoms with Gasteiger partial charge in [0.25, 0.3) is 5.91 Å². The molecular formula is C14H17N3O4. The van der Waals surface area contributed by atoms with Crippen molar-refractivity contribution in [3.05, 3.63) is 23.8 Å². The molecule has 1 fully saturated rings. The molecule has 7 nitrogen and oxygen atoms in total. The fourth-order valence-corrected chi connectivity index (χ4v) is 2.40. The number of ether oxygens (including phenoxy) is 2. The Kier molecular flexibility index (Phi) is 3.55. The summed E-state index contributed by atoms with van der Waals surface area (Å²) in [5.74, 6) is 0.922. The Morgan fingerprint density at radius 2 is 2.14 bits per heavy atom. The molecule has 1 amide bonds. The van der Waals surface area contributed by atoms with Crippen LogP contribution in [0.4, 0.5) is 0 Å². The Balaban J connectivity index is 1.82. The van der Waals surface area contributed by atoms with Gasteiger partial charge in [-0.15, -0.1) is 0 Å². The lowest BCUT2D eigenvalue weighted by atomic mass is 10.1. The summed E-state index contributed by atoms with van der Waals surface area (Å²) in [5, 5.41) is 14.6. The second kappa shape index (κ2) is 5.51. The van der Waals surface area contributed by atoms with Crippen LogP contribution in [-0.2, 0) is 0 Å². The van der Waals surface area contributed by atoms with Crippen LogP contribution in [0.1, 0.15) is 23.2 Å². The Hall–Kier alpha value is -2.44. The van der Waals surface area contributed by atoms with Crippen LogP contribution < -0.4 is 20.5 Å². The number of para-hydroxylation sites is 1. The molecule has 112 valence electrons. The van der Waals surface area contributed by atoms with Crippen LogP contribution in [-0.4, -0.2) is 36.2 Å². The van der Waals surface area contributed by atoms with Crippen LogP contribution in [0.25, 0.3) is 0 Å². The smallest absolute Gasteiger partial charge is 0.255 e. The van der Waals surface area contributed by atoms with E-state index in [1.165, 1.54) is 0 Å². The highest BCUT2D eigenvalue weighted by Crippen LogP contribution is 2.35. The molecule has 7 heteroatoms. The van der Waals surface area contributed by atoms with Gasteiger partial charge < -0.3 is 25.7 Å². The number of nitrogens with zero attached hydrogens (tertiary/aromatic N) is 1. The van der Waals surface area contributed by atoms with Crippen molar-refractivity contribution in [1.29, 1.82) is 0 Å². The number of nitrogens with one attached hydrogen (secondary N) is 1. The normalized spacial score (nSPS) is 19.0. The minimum atomic E-state index is -0.456. The third-order valence-corrected chi connectivity index (χ3v) is 3.62. The number of fused-ring (bicyclic) bond motifs is 1. The number of hydrogen-bond acceptors (Lipinski definition) is 5. The highest BCUT2D eigenvalue weighted by Gasteiger charge is 2.36. The van der Waals surface area contributed by atoms with E-state index in [4.69, 9.17) is 20.4 Å². The zero-order valence-corrected chi connectivity index (χ0v) is 11.4. The second-order valence-corrected chi connectivity index (χ2v) is 5.14. The number of hydrogen-bond donors (Lipinski definition) is 3. The Morgan fingerprint density at radius 1 is 1.38 bits per heavy atom. The lowest BCUT2D eigenvalue weighted by Gasteiger charge is -2.22. The van der Waals surface area contributed by atoms with Gasteiger partial charge in [0, 0.05) is 0 Å². The maximum atomic E-state index is 12.4. The lowest BCUT2D eigenvalue weighted by molar-refractivity contribution is 0.0932. The average molecular weight is 291 g/mol. The molecule has 3 rings (SSSR count). The largest absolute Gasteiger partial charge is 0.486 e. The van der Waals surface area contributed by atoms with E-state index in [9.17, 15) is 4.79 Å². The summed E-state index contributed by atoms with van der Waals surface area (Å²) in [4.78, 5) is 12.4. The van der Waals surface area contributed by atoms with Crippen LogP contribution in [0.2, 0.25) is 0 Å². The molecule has 1 saturated carbocycles. The minimum absolute atomic E-state index is 0.0211. The van der Waals surface area contributed by atoms with Gasteiger partial charge in [-0.25, -0.2) is 0 Å². The number of rotatable bonds is 4. The monoisotopic (exact) mass is 291 g/mol. The first-order chi connectivity index (χ1) is 10.2. The van der Waals surface area contributed by atoms with Crippen LogP contribution in [0, 0.1) is 5.92 Å². The first kappa shape index (κ1) is 13.5. The summed E-state index contributed by atoms with van der Waals surface area (Å²) in [6.07, 6.45) is 1.90. The molecule has 0 radical (unpaired) electrons. The predicted molar refractivity (Wildman–Crippen MR) is 74.8 cm³/mol. The van der Waals surface area contributed by atoms with Crippen molar-refractivity contribution in [3.8, 4) is 11.5 Å². The first-order valence-electron chi connectivity index (χ1n) is 6.87. The van der Waals surface area contributed by atoms with E-state index in [0.717, 1.165) is 12.8 Å². The van der Waals surface area contributed by atoms with Gasteiger partial charge in [0.2, 0.25) is 0 Å². The summed E-state index contributed by atoms with van der Waals surface area (Å²) < 4.78 is 11.0. The molecule has 1 aromatic carbocycles. The van der Waals surface area contributed by atoms with E-state index < -0.39 is 6.04 Å². The number of carbonyl (C=O) groups is 1. The minimum Gasteiger partial charge on any atom is -0.486 e. The van der Waals surface area contributed by atoms with Crippen molar-refractivity contribution in [2.75, 3.05) is 13.2 Å². The molecule has 0 saturated heterocycles. The first-order valence-corrected chi connectivity index (χ1v) is 6.87. The fraction of sp³-hybridized carbons (Fsp3) is 0.429. The molecule has 0 spiro atoms. The molecule has 1 aliphatic carbocycles. The topological polar surface area (TPSA) is 106 Å². The Morgan fingerprint density at radius 3 is 2.86 bits per heavy atom. The number of nitrogens with two attached hydrogens (primary N) is 1. The summed E-state index contributed by atoms with van der Waals surface area (Å²) in [5.41, 5.74) is 6.04. The SMILES string of the molecule is NC(=NO)C(NC(=O)c1cccc2c1OCCO2)C1CC1. The zero-order chi connectivity index (χ0) is 14.8. The van der Waals surface area contributed by atoms with E-state index in [1.54, 1.807) is 18.2 Å². The van der Waals surface area contributed by atoms with E-state index >= 15 is 0 Å². The molecule has 0 aromatic heterocycles. The van der Waals surface area contributed by atoms with E-state index in [1.807, 2.05) is 0 Å². The Labute approximate surface area is 121 Å². The van der Waals surface area contributed by atoms with Gasteiger partial charge in [0.1, 0.15) is 13.2 Å². The van der Waals surface area contributed by atoms with E-state index in [-0.39, 0.29) is 17.7 Å². The lowest BCUT2D eigenvalue weighted by Crippen LogP contribution is -2.46. The zero-order valence-electron chi connectivity index (χ0n) is 11.4. The highest BCUT2D eigenvalue weighted by molar-refractivity contribution is 6.01. The van der Waals surface area contributed by atoms with Crippen LogP contribution in [0.15, 0.2) is 23.4 Å². The summed E-state index contributed by atoms with van der Waals surface area (Å²) >= 11 is 0. The van der Waals surface area contributed by atoms with Crippen molar-refractivity contribution >= 4 is 11.7 Å². The van der Waals surface area contributed by atoms with Crippen molar-refractivity contribution in [3.63, 3.8) is 0 Å². The molecule has 0 bridgehead atoms. The summed E-state index contributed by atoms with van der Waals surface area (Å²) in [6, 6.07) is 4.70. The molecular weight excluding hydrogens is 274 g/mol.